The quantitative estimate of drug-likeness (QED) is 0.740. The molecule has 0 aliphatic carbocycles. The van der Waals surface area contributed by atoms with E-state index in [1.54, 1.807) is 43.0 Å². The second-order valence-electron chi connectivity index (χ2n) is 6.85. The zero-order valence-electron chi connectivity index (χ0n) is 17.0. The highest BCUT2D eigenvalue weighted by molar-refractivity contribution is 7.87. The van der Waals surface area contributed by atoms with Gasteiger partial charge in [-0.3, -0.25) is 9.48 Å². The second-order valence-corrected chi connectivity index (χ2v) is 8.61. The Morgan fingerprint density at radius 2 is 1.93 bits per heavy atom. The smallest absolute Gasteiger partial charge is 0.280 e. The fourth-order valence-electron chi connectivity index (χ4n) is 3.41. The molecule has 1 fully saturated rings. The average Bonchev–Trinajstić information content (AvgIpc) is 3.01. The van der Waals surface area contributed by atoms with Gasteiger partial charge in [-0.2, -0.15) is 22.5 Å². The van der Waals surface area contributed by atoms with Crippen molar-refractivity contribution in [1.82, 2.24) is 18.8 Å². The van der Waals surface area contributed by atoms with Crippen LogP contribution in [0.5, 0.6) is 11.5 Å². The van der Waals surface area contributed by atoms with E-state index in [1.165, 1.54) is 21.3 Å². The lowest BCUT2D eigenvalue weighted by Gasteiger charge is -2.36. The summed E-state index contributed by atoms with van der Waals surface area (Å²) in [6.45, 7) is 1.81. The molecule has 2 atom stereocenters. The fraction of sp³-hybridized carbons (Fsp3) is 0.444. The van der Waals surface area contributed by atoms with Crippen molar-refractivity contribution in [2.24, 2.45) is 7.05 Å². The van der Waals surface area contributed by atoms with Gasteiger partial charge in [-0.25, -0.2) is 0 Å². The van der Waals surface area contributed by atoms with Gasteiger partial charge in [0.15, 0.2) is 11.5 Å². The summed E-state index contributed by atoms with van der Waals surface area (Å²) in [5.41, 5.74) is 1.93. The summed E-state index contributed by atoms with van der Waals surface area (Å²) >= 11 is 0. The summed E-state index contributed by atoms with van der Waals surface area (Å²) in [7, 11) is 2.33. The number of nitrogens with zero attached hydrogens (tertiary/aromatic N) is 3. The van der Waals surface area contributed by atoms with Gasteiger partial charge in [-0.1, -0.05) is 0 Å². The molecule has 1 saturated heterocycles. The Hall–Kier alpha value is -2.63. The first-order chi connectivity index (χ1) is 13.7. The van der Waals surface area contributed by atoms with Crippen molar-refractivity contribution in [1.29, 1.82) is 0 Å². The highest BCUT2D eigenvalue weighted by Crippen LogP contribution is 2.32. The minimum atomic E-state index is -3.84. The Balaban J connectivity index is 1.85. The Labute approximate surface area is 170 Å². The summed E-state index contributed by atoms with van der Waals surface area (Å²) in [5.74, 6) is 0.552. The molecule has 2 heterocycles. The van der Waals surface area contributed by atoms with Gasteiger partial charge in [0.25, 0.3) is 10.2 Å². The number of ether oxygens (including phenoxy) is 2. The zero-order chi connectivity index (χ0) is 21.3. The van der Waals surface area contributed by atoms with Gasteiger partial charge in [-0.05, 0) is 25.5 Å². The van der Waals surface area contributed by atoms with Crippen LogP contribution < -0.4 is 19.5 Å². The molecule has 1 aliphatic heterocycles. The van der Waals surface area contributed by atoms with Crippen LogP contribution in [0, 0.1) is 6.92 Å². The van der Waals surface area contributed by atoms with E-state index in [4.69, 9.17) is 9.47 Å². The number of amides is 1. The largest absolute Gasteiger partial charge is 0.493 e. The molecule has 2 N–H and O–H groups in total. The number of aromatic nitrogens is 2. The van der Waals surface area contributed by atoms with Crippen molar-refractivity contribution < 1.29 is 22.7 Å². The molecule has 3 rings (SSSR count). The molecule has 158 valence electrons. The number of aryl methyl sites for hydroxylation is 2. The normalized spacial score (nSPS) is 21.6. The molecule has 2 aromatic rings. The van der Waals surface area contributed by atoms with Gasteiger partial charge in [0.05, 0.1) is 26.0 Å². The summed E-state index contributed by atoms with van der Waals surface area (Å²) < 4.78 is 40.9. The Bertz CT molecular complexity index is 1020. The Morgan fingerprint density at radius 1 is 1.24 bits per heavy atom. The number of anilines is 1. The van der Waals surface area contributed by atoms with E-state index in [0.29, 0.717) is 22.9 Å². The number of likely N-dealkylation sites (N-methyl/N-ethyl adjacent to an activating group) is 1. The van der Waals surface area contributed by atoms with Crippen molar-refractivity contribution >= 4 is 21.8 Å². The zero-order valence-corrected chi connectivity index (χ0v) is 17.8. The van der Waals surface area contributed by atoms with Crippen LogP contribution in [-0.2, 0) is 22.1 Å². The van der Waals surface area contributed by atoms with Crippen molar-refractivity contribution in [2.75, 3.05) is 26.6 Å². The van der Waals surface area contributed by atoms with E-state index in [9.17, 15) is 13.2 Å². The first-order valence-electron chi connectivity index (χ1n) is 8.94. The minimum Gasteiger partial charge on any atom is -0.493 e. The number of carbonyl (C=O) groups excluding carboxylic acids is 1. The van der Waals surface area contributed by atoms with Gasteiger partial charge in [0.2, 0.25) is 5.91 Å². The SMILES string of the molecule is COc1ccc(NC(=O)C2CC(c3cn(C)nc3C)NS(=O)(=O)N2C)cc1OC. The molecule has 0 radical (unpaired) electrons. The van der Waals surface area contributed by atoms with Crippen LogP contribution in [0.2, 0.25) is 0 Å². The standard InChI is InChI=1S/C18H25N5O5S/c1-11-13(10-22(2)20-11)14-9-15(23(3)29(25,26)21-14)18(24)19-12-6-7-16(27-4)17(8-12)28-5/h6-8,10,14-15,21H,9H2,1-5H3,(H,19,24). The molecule has 1 amide bonds. The summed E-state index contributed by atoms with van der Waals surface area (Å²) in [6.07, 6.45) is 2.03. The predicted octanol–water partition coefficient (Wildman–Crippen LogP) is 0.964. The Morgan fingerprint density at radius 3 is 2.52 bits per heavy atom. The van der Waals surface area contributed by atoms with E-state index >= 15 is 0 Å². The maximum atomic E-state index is 12.9. The van der Waals surface area contributed by atoms with E-state index in [1.807, 2.05) is 0 Å². The molecule has 1 aliphatic rings. The van der Waals surface area contributed by atoms with Crippen molar-refractivity contribution in [3.8, 4) is 11.5 Å². The molecule has 0 spiro atoms. The molecular weight excluding hydrogens is 398 g/mol. The lowest BCUT2D eigenvalue weighted by Crippen LogP contribution is -2.56. The van der Waals surface area contributed by atoms with E-state index in [2.05, 4.69) is 15.1 Å². The molecule has 0 saturated carbocycles. The van der Waals surface area contributed by atoms with Gasteiger partial charge in [0, 0.05) is 37.6 Å². The molecule has 11 heteroatoms. The number of benzene rings is 1. The van der Waals surface area contributed by atoms with Crippen LogP contribution in [0.1, 0.15) is 23.7 Å². The summed E-state index contributed by atoms with van der Waals surface area (Å²) in [4.78, 5) is 12.9. The first kappa shape index (κ1) is 21.1. The number of hydrogen-bond acceptors (Lipinski definition) is 6. The second kappa shape index (κ2) is 8.01. The third kappa shape index (κ3) is 4.21. The fourth-order valence-corrected chi connectivity index (χ4v) is 4.68. The lowest BCUT2D eigenvalue weighted by molar-refractivity contribution is -0.120. The highest BCUT2D eigenvalue weighted by atomic mass is 32.2. The van der Waals surface area contributed by atoms with E-state index in [0.717, 1.165) is 9.87 Å². The molecule has 1 aromatic heterocycles. The van der Waals surface area contributed by atoms with Crippen LogP contribution in [0.4, 0.5) is 5.69 Å². The maximum absolute atomic E-state index is 12.9. The van der Waals surface area contributed by atoms with Crippen LogP contribution in [-0.4, -0.2) is 55.7 Å². The number of methoxy groups -OCH3 is 2. The monoisotopic (exact) mass is 423 g/mol. The third-order valence-corrected chi connectivity index (χ3v) is 6.54. The highest BCUT2D eigenvalue weighted by Gasteiger charge is 2.41. The third-order valence-electron chi connectivity index (χ3n) is 4.95. The Kier molecular flexibility index (Phi) is 5.82. The maximum Gasteiger partial charge on any atom is 0.280 e. The van der Waals surface area contributed by atoms with Crippen LogP contribution in [0.3, 0.4) is 0 Å². The first-order valence-corrected chi connectivity index (χ1v) is 10.4. The van der Waals surface area contributed by atoms with E-state index in [-0.39, 0.29) is 6.42 Å². The number of nitrogens with one attached hydrogen (secondary N) is 2. The topological polar surface area (TPSA) is 115 Å². The lowest BCUT2D eigenvalue weighted by atomic mass is 10.00. The molecule has 10 nitrogen and oxygen atoms in total. The molecule has 0 bridgehead atoms. The van der Waals surface area contributed by atoms with Gasteiger partial charge in [0.1, 0.15) is 6.04 Å². The molecular formula is C18H25N5O5S. The minimum absolute atomic E-state index is 0.265. The van der Waals surface area contributed by atoms with E-state index < -0.39 is 28.2 Å². The average molecular weight is 423 g/mol. The van der Waals surface area contributed by atoms with Crippen LogP contribution >= 0.6 is 0 Å². The van der Waals surface area contributed by atoms with Crippen molar-refractivity contribution in [3.05, 3.63) is 35.7 Å². The van der Waals surface area contributed by atoms with Crippen molar-refractivity contribution in [3.63, 3.8) is 0 Å². The molecule has 29 heavy (non-hydrogen) atoms. The van der Waals surface area contributed by atoms with Gasteiger partial charge < -0.3 is 14.8 Å². The van der Waals surface area contributed by atoms with Gasteiger partial charge >= 0.3 is 0 Å². The van der Waals surface area contributed by atoms with Crippen LogP contribution in [0.15, 0.2) is 24.4 Å². The predicted molar refractivity (Wildman–Crippen MR) is 107 cm³/mol. The number of hydrogen-bond donors (Lipinski definition) is 2. The number of rotatable bonds is 5. The van der Waals surface area contributed by atoms with Crippen molar-refractivity contribution in [2.45, 2.75) is 25.4 Å². The van der Waals surface area contributed by atoms with Gasteiger partial charge in [-0.15, -0.1) is 0 Å². The molecule has 1 aromatic carbocycles. The summed E-state index contributed by atoms with van der Waals surface area (Å²) in [6, 6.07) is 3.51. The molecule has 2 unspecified atom stereocenters. The van der Waals surface area contributed by atoms with Crippen LogP contribution in [0.25, 0.3) is 0 Å². The number of carbonyl (C=O) groups is 1. The summed E-state index contributed by atoms with van der Waals surface area (Å²) in [5, 5.41) is 7.04.